The van der Waals surface area contributed by atoms with Crippen LogP contribution in [-0.4, -0.2) is 35.8 Å². The van der Waals surface area contributed by atoms with Crippen LogP contribution in [0.4, 0.5) is 10.5 Å². The fourth-order valence-corrected chi connectivity index (χ4v) is 4.04. The Morgan fingerprint density at radius 1 is 0.964 bits per heavy atom. The molecular weight excluding hydrogens is 350 g/mol. The van der Waals surface area contributed by atoms with Crippen molar-refractivity contribution in [3.8, 4) is 0 Å². The maximum Gasteiger partial charge on any atom is 0.319 e. The van der Waals surface area contributed by atoms with Gasteiger partial charge in [-0.2, -0.15) is 0 Å². The van der Waals surface area contributed by atoms with Gasteiger partial charge in [-0.15, -0.1) is 0 Å². The van der Waals surface area contributed by atoms with Crippen LogP contribution in [0.5, 0.6) is 0 Å². The van der Waals surface area contributed by atoms with Crippen LogP contribution in [0, 0.1) is 11.8 Å². The highest BCUT2D eigenvalue weighted by molar-refractivity contribution is 5.95. The van der Waals surface area contributed by atoms with E-state index in [1.807, 2.05) is 6.07 Å². The number of Topliss-reactive ketones (excluding diaryl/α,β-unsaturated/α-hetero) is 1. The summed E-state index contributed by atoms with van der Waals surface area (Å²) in [6.45, 7) is 8.77. The Bertz CT molecular complexity index is 792. The van der Waals surface area contributed by atoms with Crippen LogP contribution in [0.3, 0.4) is 0 Å². The lowest BCUT2D eigenvalue weighted by molar-refractivity contribution is 0.0994. The van der Waals surface area contributed by atoms with Crippen molar-refractivity contribution in [3.05, 3.63) is 65.7 Å². The number of piperidine rings is 1. The lowest BCUT2D eigenvalue weighted by Crippen LogP contribution is -2.55. The highest BCUT2D eigenvalue weighted by Gasteiger charge is 2.32. The molecule has 0 spiro atoms. The Labute approximate surface area is 167 Å². The van der Waals surface area contributed by atoms with Gasteiger partial charge >= 0.3 is 6.03 Å². The molecule has 3 rings (SSSR count). The van der Waals surface area contributed by atoms with E-state index in [1.165, 1.54) is 12.5 Å². The molecule has 1 saturated heterocycles. The summed E-state index contributed by atoms with van der Waals surface area (Å²) in [6, 6.07) is 17.4. The number of carbonyl (C=O) groups is 2. The number of hydrogen-bond acceptors (Lipinski definition) is 3. The second kappa shape index (κ2) is 9.02. The summed E-state index contributed by atoms with van der Waals surface area (Å²) < 4.78 is 0. The van der Waals surface area contributed by atoms with Crippen molar-refractivity contribution < 1.29 is 9.59 Å². The smallest absolute Gasteiger partial charge is 0.319 e. The molecule has 0 bridgehead atoms. The number of likely N-dealkylation sites (tertiary alicyclic amines) is 1. The number of benzene rings is 2. The van der Waals surface area contributed by atoms with Gasteiger partial charge in [0.05, 0.1) is 0 Å². The fraction of sp³-hybridized carbons (Fsp3) is 0.391. The molecule has 5 nitrogen and oxygen atoms in total. The average Bonchev–Trinajstić information content (AvgIpc) is 2.66. The summed E-state index contributed by atoms with van der Waals surface area (Å²) in [4.78, 5) is 26.3. The predicted molar refractivity (Wildman–Crippen MR) is 112 cm³/mol. The number of nitrogens with zero attached hydrogens (tertiary/aromatic N) is 1. The minimum Gasteiger partial charge on any atom is -0.335 e. The Morgan fingerprint density at radius 3 is 2.14 bits per heavy atom. The van der Waals surface area contributed by atoms with Gasteiger partial charge in [0.25, 0.3) is 0 Å². The molecule has 2 N–H and O–H groups in total. The predicted octanol–water partition coefficient (Wildman–Crippen LogP) is 4.17. The maximum absolute atomic E-state index is 12.5. The Hall–Kier alpha value is -2.66. The van der Waals surface area contributed by atoms with Gasteiger partial charge in [0.1, 0.15) is 0 Å². The molecule has 0 aromatic heterocycles. The molecule has 1 aliphatic heterocycles. The van der Waals surface area contributed by atoms with Crippen LogP contribution in [0.2, 0.25) is 0 Å². The van der Waals surface area contributed by atoms with Gasteiger partial charge < -0.3 is 10.6 Å². The van der Waals surface area contributed by atoms with E-state index in [0.717, 1.165) is 19.6 Å². The van der Waals surface area contributed by atoms with Crippen molar-refractivity contribution in [3.63, 3.8) is 0 Å². The van der Waals surface area contributed by atoms with Gasteiger partial charge in [0.2, 0.25) is 0 Å². The molecule has 2 atom stereocenters. The van der Waals surface area contributed by atoms with Gasteiger partial charge in [-0.3, -0.25) is 9.69 Å². The third-order valence-electron chi connectivity index (χ3n) is 5.41. The van der Waals surface area contributed by atoms with Gasteiger partial charge in [-0.1, -0.05) is 44.2 Å². The van der Waals surface area contributed by atoms with E-state index in [0.29, 0.717) is 23.1 Å². The van der Waals surface area contributed by atoms with Crippen molar-refractivity contribution >= 4 is 17.5 Å². The molecule has 2 aromatic rings. The molecule has 5 heteroatoms. The summed E-state index contributed by atoms with van der Waals surface area (Å²) >= 11 is 0. The minimum atomic E-state index is -0.198. The number of carbonyl (C=O) groups excluding carboxylic acids is 2. The molecule has 0 radical (unpaired) electrons. The van der Waals surface area contributed by atoms with Crippen molar-refractivity contribution in [2.45, 2.75) is 33.4 Å². The van der Waals surface area contributed by atoms with Gasteiger partial charge in [-0.25, -0.2) is 4.79 Å². The monoisotopic (exact) mass is 379 g/mol. The third-order valence-corrected chi connectivity index (χ3v) is 5.41. The Balaban J connectivity index is 1.54. The van der Waals surface area contributed by atoms with Crippen LogP contribution >= 0.6 is 0 Å². The fourth-order valence-electron chi connectivity index (χ4n) is 4.04. The standard InChI is InChI=1S/C23H29N3O2/c1-16-13-26(15-19-7-5-4-6-8-19)14-17(2)22(16)25-23(28)24-21-11-9-20(10-12-21)18(3)27/h4-12,16-17,22H,13-15H2,1-3H3,(H2,24,25,28)/t16-,17-/m0/s1. The van der Waals surface area contributed by atoms with E-state index in [-0.39, 0.29) is 17.9 Å². The van der Waals surface area contributed by atoms with Crippen LogP contribution in [-0.2, 0) is 6.54 Å². The summed E-state index contributed by atoms with van der Waals surface area (Å²) in [5.41, 5.74) is 2.64. The molecule has 2 aromatic carbocycles. The van der Waals surface area contributed by atoms with Crippen molar-refractivity contribution in [2.24, 2.45) is 11.8 Å². The molecule has 1 heterocycles. The van der Waals surface area contributed by atoms with E-state index < -0.39 is 0 Å². The Morgan fingerprint density at radius 2 is 1.57 bits per heavy atom. The van der Waals surface area contributed by atoms with E-state index in [4.69, 9.17) is 0 Å². The molecule has 1 fully saturated rings. The zero-order chi connectivity index (χ0) is 20.1. The molecular formula is C23H29N3O2. The van der Waals surface area contributed by atoms with Gasteiger partial charge in [0.15, 0.2) is 5.78 Å². The number of nitrogens with one attached hydrogen (secondary N) is 2. The van der Waals surface area contributed by atoms with Gasteiger partial charge in [0, 0.05) is 36.9 Å². The van der Waals surface area contributed by atoms with Crippen LogP contribution < -0.4 is 10.6 Å². The van der Waals surface area contributed by atoms with Crippen LogP contribution in [0.15, 0.2) is 54.6 Å². The molecule has 0 saturated carbocycles. The van der Waals surface area contributed by atoms with Crippen molar-refractivity contribution in [1.29, 1.82) is 0 Å². The first-order valence-electron chi connectivity index (χ1n) is 9.87. The largest absolute Gasteiger partial charge is 0.335 e. The van der Waals surface area contributed by atoms with Crippen LogP contribution in [0.1, 0.15) is 36.7 Å². The minimum absolute atomic E-state index is 0.0147. The first-order chi connectivity index (χ1) is 13.4. The summed E-state index contributed by atoms with van der Waals surface area (Å²) in [7, 11) is 0. The average molecular weight is 380 g/mol. The van der Waals surface area contributed by atoms with E-state index in [1.54, 1.807) is 24.3 Å². The lowest BCUT2D eigenvalue weighted by Gasteiger charge is -2.41. The third kappa shape index (κ3) is 5.20. The number of ketones is 1. The first kappa shape index (κ1) is 20.1. The highest BCUT2D eigenvalue weighted by Crippen LogP contribution is 2.24. The highest BCUT2D eigenvalue weighted by atomic mass is 16.2. The van der Waals surface area contributed by atoms with Crippen LogP contribution in [0.25, 0.3) is 0 Å². The summed E-state index contributed by atoms with van der Waals surface area (Å²) in [5, 5.41) is 6.02. The zero-order valence-electron chi connectivity index (χ0n) is 16.8. The summed E-state index contributed by atoms with van der Waals surface area (Å²) in [6.07, 6.45) is 0. The maximum atomic E-state index is 12.5. The number of amides is 2. The second-order valence-corrected chi connectivity index (χ2v) is 7.89. The number of hydrogen-bond donors (Lipinski definition) is 2. The first-order valence-corrected chi connectivity index (χ1v) is 9.87. The molecule has 148 valence electrons. The van der Waals surface area contributed by atoms with E-state index >= 15 is 0 Å². The Kier molecular flexibility index (Phi) is 6.47. The molecule has 1 aliphatic rings. The SMILES string of the molecule is CC(=O)c1ccc(NC(=O)NC2[C@@H](C)CN(Cc3ccccc3)C[C@@H]2C)cc1. The van der Waals surface area contributed by atoms with Crippen molar-refractivity contribution in [2.75, 3.05) is 18.4 Å². The van der Waals surface area contributed by atoms with E-state index in [9.17, 15) is 9.59 Å². The second-order valence-electron chi connectivity index (χ2n) is 7.89. The normalized spacial score (nSPS) is 20.5. The van der Waals surface area contributed by atoms with E-state index in [2.05, 4.69) is 53.6 Å². The van der Waals surface area contributed by atoms with Gasteiger partial charge in [-0.05, 0) is 48.6 Å². The number of rotatable bonds is 5. The molecule has 0 unspecified atom stereocenters. The molecule has 0 aliphatic carbocycles. The number of anilines is 1. The molecule has 28 heavy (non-hydrogen) atoms. The topological polar surface area (TPSA) is 61.4 Å². The summed E-state index contributed by atoms with van der Waals surface area (Å²) in [5.74, 6) is 0.734. The number of urea groups is 1. The lowest BCUT2D eigenvalue weighted by atomic mass is 9.85. The zero-order valence-corrected chi connectivity index (χ0v) is 16.8. The molecule has 2 amide bonds. The van der Waals surface area contributed by atoms with Crippen molar-refractivity contribution in [1.82, 2.24) is 10.2 Å². The quantitative estimate of drug-likeness (QED) is 0.767.